The second kappa shape index (κ2) is 6.18. The van der Waals surface area contributed by atoms with Crippen LogP contribution in [-0.4, -0.2) is 15.0 Å². The molecule has 18 heavy (non-hydrogen) atoms. The maximum Gasteiger partial charge on any atom is 0.241 e. The van der Waals surface area contributed by atoms with E-state index in [4.69, 9.17) is 0 Å². The second-order valence-electron chi connectivity index (χ2n) is 3.88. The molecule has 0 aromatic heterocycles. The monoisotopic (exact) mass is 285 g/mol. The van der Waals surface area contributed by atoms with Crippen molar-refractivity contribution in [3.63, 3.8) is 0 Å². The molecule has 0 aliphatic rings. The molecule has 0 amide bonds. The van der Waals surface area contributed by atoms with Crippen LogP contribution in [0.1, 0.15) is 13.3 Å². The summed E-state index contributed by atoms with van der Waals surface area (Å²) < 4.78 is 26.8. The number of rotatable bonds is 4. The molecule has 1 N–H and O–H groups in total. The van der Waals surface area contributed by atoms with Crippen LogP contribution in [0.25, 0.3) is 10.8 Å². The molecule has 0 unspecified atom stereocenters. The molecule has 0 heterocycles. The minimum Gasteiger partial charge on any atom is -0.211 e. The molecule has 2 aromatic carbocycles. The maximum absolute atomic E-state index is 12.1. The topological polar surface area (TPSA) is 46.2 Å². The largest absolute Gasteiger partial charge is 0.241 e. The molecule has 0 saturated carbocycles. The van der Waals surface area contributed by atoms with Crippen molar-refractivity contribution in [1.29, 1.82) is 0 Å². The van der Waals surface area contributed by atoms with Crippen LogP contribution in [0.2, 0.25) is 0 Å². The standard InChI is InChI=1S/C13H15NO2S.ClH/c1-2-10-14-17(15,16)13-9-5-7-11-6-3-4-8-12(11)13;/h3-9,14H,2,10H2,1H3;1H. The molecule has 98 valence electrons. The molecular weight excluding hydrogens is 270 g/mol. The summed E-state index contributed by atoms with van der Waals surface area (Å²) in [7, 11) is -3.40. The maximum atomic E-state index is 12.1. The molecule has 2 aromatic rings. The summed E-state index contributed by atoms with van der Waals surface area (Å²) in [5.41, 5.74) is 0. The van der Waals surface area contributed by atoms with Crippen molar-refractivity contribution in [3.8, 4) is 0 Å². The fourth-order valence-electron chi connectivity index (χ4n) is 1.74. The Hall–Kier alpha value is -1.10. The highest BCUT2D eigenvalue weighted by Crippen LogP contribution is 2.22. The average molecular weight is 286 g/mol. The molecule has 5 heteroatoms. The Kier molecular flexibility index (Phi) is 5.14. The molecule has 0 saturated heterocycles. The van der Waals surface area contributed by atoms with Gasteiger partial charge in [0.05, 0.1) is 4.90 Å². The van der Waals surface area contributed by atoms with Gasteiger partial charge in [0.2, 0.25) is 10.0 Å². The van der Waals surface area contributed by atoms with Crippen molar-refractivity contribution < 1.29 is 8.42 Å². The van der Waals surface area contributed by atoms with E-state index in [2.05, 4.69) is 4.72 Å². The number of fused-ring (bicyclic) bond motifs is 1. The van der Waals surface area contributed by atoms with Gasteiger partial charge in [0.25, 0.3) is 0 Å². The molecule has 0 spiro atoms. The van der Waals surface area contributed by atoms with Gasteiger partial charge in [-0.2, -0.15) is 0 Å². The molecule has 0 radical (unpaired) electrons. The summed E-state index contributed by atoms with van der Waals surface area (Å²) in [6, 6.07) is 12.8. The first-order valence-electron chi connectivity index (χ1n) is 5.62. The number of nitrogens with one attached hydrogen (secondary N) is 1. The SMILES string of the molecule is CCCNS(=O)(=O)c1cccc2ccccc12.Cl. The van der Waals surface area contributed by atoms with Gasteiger partial charge in [0, 0.05) is 11.9 Å². The Morgan fingerprint density at radius 3 is 2.44 bits per heavy atom. The quantitative estimate of drug-likeness (QED) is 0.939. The lowest BCUT2D eigenvalue weighted by Gasteiger charge is -2.08. The zero-order chi connectivity index (χ0) is 12.3. The second-order valence-corrected chi connectivity index (χ2v) is 5.61. The summed E-state index contributed by atoms with van der Waals surface area (Å²) >= 11 is 0. The summed E-state index contributed by atoms with van der Waals surface area (Å²) in [6.07, 6.45) is 0.782. The van der Waals surface area contributed by atoms with E-state index in [-0.39, 0.29) is 12.4 Å². The number of benzene rings is 2. The lowest BCUT2D eigenvalue weighted by Crippen LogP contribution is -2.24. The highest BCUT2D eigenvalue weighted by Gasteiger charge is 2.15. The minimum atomic E-state index is -3.40. The molecule has 0 atom stereocenters. The Labute approximate surface area is 114 Å². The minimum absolute atomic E-state index is 0. The fraction of sp³-hybridized carbons (Fsp3) is 0.231. The third kappa shape index (κ3) is 3.02. The van der Waals surface area contributed by atoms with Gasteiger partial charge in [-0.3, -0.25) is 0 Å². The van der Waals surface area contributed by atoms with Gasteiger partial charge in [-0.05, 0) is 17.9 Å². The van der Waals surface area contributed by atoms with E-state index in [0.29, 0.717) is 11.4 Å². The normalized spacial score (nSPS) is 11.2. The van der Waals surface area contributed by atoms with Gasteiger partial charge in [0.1, 0.15) is 0 Å². The zero-order valence-electron chi connectivity index (χ0n) is 10.1. The Morgan fingerprint density at radius 1 is 1.06 bits per heavy atom. The first-order valence-corrected chi connectivity index (χ1v) is 7.11. The summed E-state index contributed by atoms with van der Waals surface area (Å²) in [4.78, 5) is 0.351. The highest BCUT2D eigenvalue weighted by molar-refractivity contribution is 7.89. The molecule has 2 rings (SSSR count). The van der Waals surface area contributed by atoms with E-state index in [1.54, 1.807) is 12.1 Å². The summed E-state index contributed by atoms with van der Waals surface area (Å²) in [6.45, 7) is 2.40. The van der Waals surface area contributed by atoms with Gasteiger partial charge in [-0.1, -0.05) is 43.3 Å². The Balaban J connectivity index is 0.00000162. The van der Waals surface area contributed by atoms with Crippen LogP contribution in [-0.2, 0) is 10.0 Å². The molecule has 0 bridgehead atoms. The van der Waals surface area contributed by atoms with Crippen molar-refractivity contribution in [1.82, 2.24) is 4.72 Å². The average Bonchev–Trinajstić information content (AvgIpc) is 2.36. The lowest BCUT2D eigenvalue weighted by atomic mass is 10.1. The third-order valence-corrected chi connectivity index (χ3v) is 4.10. The third-order valence-electron chi connectivity index (χ3n) is 2.58. The smallest absolute Gasteiger partial charge is 0.211 e. The van der Waals surface area contributed by atoms with Crippen LogP contribution in [0.15, 0.2) is 47.4 Å². The van der Waals surface area contributed by atoms with Crippen molar-refractivity contribution in [2.24, 2.45) is 0 Å². The number of hydrogen-bond acceptors (Lipinski definition) is 2. The van der Waals surface area contributed by atoms with Crippen LogP contribution >= 0.6 is 12.4 Å². The van der Waals surface area contributed by atoms with Crippen LogP contribution in [0.4, 0.5) is 0 Å². The van der Waals surface area contributed by atoms with Gasteiger partial charge < -0.3 is 0 Å². The van der Waals surface area contributed by atoms with Gasteiger partial charge >= 0.3 is 0 Å². The van der Waals surface area contributed by atoms with Gasteiger partial charge in [0.15, 0.2) is 0 Å². The molecule has 0 aliphatic carbocycles. The predicted octanol–water partition coefficient (Wildman–Crippen LogP) is 2.95. The van der Waals surface area contributed by atoms with E-state index in [1.807, 2.05) is 37.3 Å². The summed E-state index contributed by atoms with van der Waals surface area (Å²) in [5, 5.41) is 1.70. The fourth-order valence-corrected chi connectivity index (χ4v) is 3.11. The Bertz CT molecular complexity index is 620. The highest BCUT2D eigenvalue weighted by atomic mass is 35.5. The number of sulfonamides is 1. The van der Waals surface area contributed by atoms with Crippen molar-refractivity contribution >= 4 is 33.2 Å². The van der Waals surface area contributed by atoms with E-state index >= 15 is 0 Å². The van der Waals surface area contributed by atoms with Crippen LogP contribution < -0.4 is 4.72 Å². The first-order chi connectivity index (χ1) is 8.15. The van der Waals surface area contributed by atoms with E-state index in [1.165, 1.54) is 0 Å². The molecule has 3 nitrogen and oxygen atoms in total. The number of hydrogen-bond donors (Lipinski definition) is 1. The van der Waals surface area contributed by atoms with E-state index < -0.39 is 10.0 Å². The van der Waals surface area contributed by atoms with E-state index in [0.717, 1.165) is 17.2 Å². The van der Waals surface area contributed by atoms with Crippen molar-refractivity contribution in [2.45, 2.75) is 18.2 Å². The lowest BCUT2D eigenvalue weighted by molar-refractivity contribution is 0.581. The first kappa shape index (κ1) is 15.0. The van der Waals surface area contributed by atoms with E-state index in [9.17, 15) is 8.42 Å². The molecular formula is C13H16ClNO2S. The van der Waals surface area contributed by atoms with Crippen molar-refractivity contribution in [3.05, 3.63) is 42.5 Å². The van der Waals surface area contributed by atoms with Gasteiger partial charge in [-0.15, -0.1) is 12.4 Å². The van der Waals surface area contributed by atoms with Gasteiger partial charge in [-0.25, -0.2) is 13.1 Å². The van der Waals surface area contributed by atoms with Crippen LogP contribution in [0.5, 0.6) is 0 Å². The summed E-state index contributed by atoms with van der Waals surface area (Å²) in [5.74, 6) is 0. The zero-order valence-corrected chi connectivity index (χ0v) is 11.7. The molecule has 0 aliphatic heterocycles. The van der Waals surface area contributed by atoms with Crippen LogP contribution in [0, 0.1) is 0 Å². The Morgan fingerprint density at radius 2 is 1.72 bits per heavy atom. The molecule has 0 fully saturated rings. The predicted molar refractivity (Wildman–Crippen MR) is 76.7 cm³/mol. The van der Waals surface area contributed by atoms with Crippen molar-refractivity contribution in [2.75, 3.05) is 6.54 Å². The van der Waals surface area contributed by atoms with Crippen LogP contribution in [0.3, 0.4) is 0 Å². The number of halogens is 1.